The third-order valence-electron chi connectivity index (χ3n) is 3.49. The number of nitrogens with zero attached hydrogens (tertiary/aromatic N) is 4. The molecule has 2 heterocycles. The number of likely N-dealkylation sites (N-methyl/N-ethyl adjacent to an activating group) is 1. The van der Waals surface area contributed by atoms with Gasteiger partial charge < -0.3 is 4.90 Å². The largest absolute Gasteiger partial charge is 0.327 e. The van der Waals surface area contributed by atoms with E-state index in [9.17, 15) is 10.5 Å². The van der Waals surface area contributed by atoms with Crippen LogP contribution in [0.15, 0.2) is 57.2 Å². The van der Waals surface area contributed by atoms with Gasteiger partial charge in [0, 0.05) is 23.9 Å². The highest BCUT2D eigenvalue weighted by Gasteiger charge is 2.31. The van der Waals surface area contributed by atoms with Crippen LogP contribution < -0.4 is 0 Å². The van der Waals surface area contributed by atoms with Gasteiger partial charge in [0.05, 0.1) is 5.70 Å². The molecule has 0 aromatic heterocycles. The third-order valence-corrected chi connectivity index (χ3v) is 4.51. The summed E-state index contributed by atoms with van der Waals surface area (Å²) in [6.07, 6.45) is 0.845. The topological polar surface area (TPSA) is 63.2 Å². The maximum Gasteiger partial charge on any atom is 0.153 e. The van der Waals surface area contributed by atoms with Crippen LogP contribution in [-0.4, -0.2) is 23.5 Å². The summed E-state index contributed by atoms with van der Waals surface area (Å²) >= 11 is 1.68. The van der Waals surface area contributed by atoms with Crippen molar-refractivity contribution >= 4 is 17.6 Å². The van der Waals surface area contributed by atoms with Gasteiger partial charge in [0.2, 0.25) is 0 Å². The highest BCUT2D eigenvalue weighted by atomic mass is 32.2. The molecule has 0 unspecified atom stereocenters. The van der Waals surface area contributed by atoms with Gasteiger partial charge in [0.15, 0.2) is 5.57 Å². The number of thioether (sulfide) groups is 1. The van der Waals surface area contributed by atoms with E-state index in [0.717, 1.165) is 34.2 Å². The zero-order chi connectivity index (χ0) is 14.8. The molecule has 0 amide bonds. The Kier molecular flexibility index (Phi) is 3.51. The summed E-state index contributed by atoms with van der Waals surface area (Å²) in [5.41, 5.74) is 2.84. The van der Waals surface area contributed by atoms with Crippen molar-refractivity contribution in [1.82, 2.24) is 4.90 Å². The Morgan fingerprint density at radius 1 is 1.24 bits per heavy atom. The fourth-order valence-corrected chi connectivity index (χ4v) is 3.56. The zero-order valence-corrected chi connectivity index (χ0v) is 12.3. The fraction of sp³-hybridized carbons (Fsp3) is 0.188. The average molecular weight is 292 g/mol. The van der Waals surface area contributed by atoms with E-state index in [1.165, 1.54) is 0 Å². The number of amidine groups is 1. The third kappa shape index (κ3) is 2.22. The Hall–Kier alpha value is -2.50. The van der Waals surface area contributed by atoms with Crippen LogP contribution >= 0.6 is 11.8 Å². The van der Waals surface area contributed by atoms with Gasteiger partial charge in [0.25, 0.3) is 0 Å². The predicted octanol–water partition coefficient (Wildman–Crippen LogP) is 3.03. The Bertz CT molecular complexity index is 744. The maximum absolute atomic E-state index is 9.25. The van der Waals surface area contributed by atoms with Crippen molar-refractivity contribution in [1.29, 1.82) is 10.5 Å². The molecule has 1 aromatic carbocycles. The molecular formula is C16H12N4S. The van der Waals surface area contributed by atoms with Crippen LogP contribution in [0.25, 0.3) is 0 Å². The van der Waals surface area contributed by atoms with Crippen molar-refractivity contribution in [3.8, 4) is 12.1 Å². The Balaban J connectivity index is 2.20. The minimum absolute atomic E-state index is 0.149. The molecule has 0 saturated carbocycles. The molecular weight excluding hydrogens is 280 g/mol. The van der Waals surface area contributed by atoms with Crippen LogP contribution in [0.5, 0.6) is 0 Å². The number of aliphatic imine (C=N–C) groups is 1. The standard InChI is InChI=1S/C16H12N4S/c1-20-14(12(9-17)10-18)13-7-8-21-16(13)19-15(20)11-5-3-2-4-6-11/h2-6H,7-8H2,1H3. The van der Waals surface area contributed by atoms with Crippen LogP contribution in [0.3, 0.4) is 0 Å². The molecule has 0 spiro atoms. The number of allylic oxidation sites excluding steroid dienone is 2. The molecule has 1 aromatic rings. The van der Waals surface area contributed by atoms with E-state index in [1.807, 2.05) is 54.4 Å². The summed E-state index contributed by atoms with van der Waals surface area (Å²) in [5.74, 6) is 1.72. The first-order valence-electron chi connectivity index (χ1n) is 6.55. The first-order chi connectivity index (χ1) is 10.3. The lowest BCUT2D eigenvalue weighted by atomic mass is 10.0. The van der Waals surface area contributed by atoms with E-state index in [2.05, 4.69) is 0 Å². The second-order valence-corrected chi connectivity index (χ2v) is 5.77. The summed E-state index contributed by atoms with van der Waals surface area (Å²) < 4.78 is 0. The molecule has 0 radical (unpaired) electrons. The van der Waals surface area contributed by atoms with E-state index in [4.69, 9.17) is 4.99 Å². The molecule has 102 valence electrons. The van der Waals surface area contributed by atoms with Gasteiger partial charge in [-0.3, -0.25) is 0 Å². The van der Waals surface area contributed by atoms with Crippen molar-refractivity contribution in [3.05, 3.63) is 57.8 Å². The first kappa shape index (κ1) is 13.5. The van der Waals surface area contributed by atoms with Gasteiger partial charge >= 0.3 is 0 Å². The maximum atomic E-state index is 9.25. The smallest absolute Gasteiger partial charge is 0.153 e. The lowest BCUT2D eigenvalue weighted by molar-refractivity contribution is 0.618. The van der Waals surface area contributed by atoms with Crippen LogP contribution in [0, 0.1) is 22.7 Å². The van der Waals surface area contributed by atoms with Crippen LogP contribution in [0.1, 0.15) is 12.0 Å². The molecule has 4 nitrogen and oxygen atoms in total. The molecule has 0 aliphatic carbocycles. The normalized spacial score (nSPS) is 17.0. The lowest BCUT2D eigenvalue weighted by Gasteiger charge is -2.29. The van der Waals surface area contributed by atoms with Gasteiger partial charge in [-0.2, -0.15) is 10.5 Å². The molecule has 2 aliphatic heterocycles. The summed E-state index contributed by atoms with van der Waals surface area (Å²) in [5, 5.41) is 19.4. The Labute approximate surface area is 127 Å². The van der Waals surface area contributed by atoms with Crippen molar-refractivity contribution in [3.63, 3.8) is 0 Å². The van der Waals surface area contributed by atoms with Gasteiger partial charge in [-0.15, -0.1) is 11.8 Å². The van der Waals surface area contributed by atoms with Crippen LogP contribution in [0.4, 0.5) is 0 Å². The Morgan fingerprint density at radius 3 is 2.62 bits per heavy atom. The second kappa shape index (κ2) is 5.47. The van der Waals surface area contributed by atoms with Crippen molar-refractivity contribution in [2.45, 2.75) is 6.42 Å². The number of hydrogen-bond donors (Lipinski definition) is 0. The predicted molar refractivity (Wildman–Crippen MR) is 83.1 cm³/mol. The lowest BCUT2D eigenvalue weighted by Crippen LogP contribution is -2.31. The van der Waals surface area contributed by atoms with Crippen molar-refractivity contribution in [2.75, 3.05) is 12.8 Å². The summed E-state index contributed by atoms with van der Waals surface area (Å²) in [7, 11) is 1.86. The quantitative estimate of drug-likeness (QED) is 0.746. The molecule has 0 fully saturated rings. The summed E-state index contributed by atoms with van der Waals surface area (Å²) in [6, 6.07) is 13.9. The van der Waals surface area contributed by atoms with Gasteiger partial charge in [-0.1, -0.05) is 30.3 Å². The van der Waals surface area contributed by atoms with E-state index in [-0.39, 0.29) is 5.57 Å². The monoisotopic (exact) mass is 292 g/mol. The first-order valence-corrected chi connectivity index (χ1v) is 7.53. The number of nitriles is 2. The van der Waals surface area contributed by atoms with Crippen molar-refractivity contribution in [2.24, 2.45) is 4.99 Å². The van der Waals surface area contributed by atoms with Gasteiger partial charge in [-0.05, 0) is 6.42 Å². The number of benzene rings is 1. The summed E-state index contributed by atoms with van der Waals surface area (Å²) in [4.78, 5) is 6.59. The molecule has 0 bridgehead atoms. The van der Waals surface area contributed by atoms with Crippen LogP contribution in [-0.2, 0) is 0 Å². The van der Waals surface area contributed by atoms with E-state index >= 15 is 0 Å². The van der Waals surface area contributed by atoms with Gasteiger partial charge in [-0.25, -0.2) is 4.99 Å². The number of rotatable bonds is 1. The molecule has 21 heavy (non-hydrogen) atoms. The zero-order valence-electron chi connectivity index (χ0n) is 11.5. The highest BCUT2D eigenvalue weighted by molar-refractivity contribution is 8.03. The van der Waals surface area contributed by atoms with E-state index in [0.29, 0.717) is 5.70 Å². The molecule has 0 saturated heterocycles. The molecule has 3 rings (SSSR count). The molecule has 0 N–H and O–H groups in total. The highest BCUT2D eigenvalue weighted by Crippen LogP contribution is 2.41. The Morgan fingerprint density at radius 2 is 1.95 bits per heavy atom. The van der Waals surface area contributed by atoms with Gasteiger partial charge in [0.1, 0.15) is 23.0 Å². The second-order valence-electron chi connectivity index (χ2n) is 4.69. The minimum Gasteiger partial charge on any atom is -0.327 e. The van der Waals surface area contributed by atoms with Crippen LogP contribution in [0.2, 0.25) is 0 Å². The minimum atomic E-state index is 0.149. The molecule has 0 atom stereocenters. The van der Waals surface area contributed by atoms with E-state index in [1.54, 1.807) is 11.8 Å². The SMILES string of the molecule is CN1C(c2ccccc2)=NC2=C(CCS2)C1=C(C#N)C#N. The fourth-order valence-electron chi connectivity index (χ4n) is 2.54. The summed E-state index contributed by atoms with van der Waals surface area (Å²) in [6.45, 7) is 0. The number of hydrogen-bond acceptors (Lipinski definition) is 5. The average Bonchev–Trinajstić information content (AvgIpc) is 2.99. The van der Waals surface area contributed by atoms with E-state index < -0.39 is 0 Å². The van der Waals surface area contributed by atoms with Crippen molar-refractivity contribution < 1.29 is 0 Å². The molecule has 2 aliphatic rings. The molecule has 5 heteroatoms.